The van der Waals surface area contributed by atoms with Gasteiger partial charge in [-0.15, -0.1) is 20.4 Å². The number of nitrogen functional groups attached to an aromatic ring is 1. The first-order valence-corrected chi connectivity index (χ1v) is 17.8. The number of fused-ring (bicyclic) bond motifs is 1. The van der Waals surface area contributed by atoms with E-state index in [0.717, 1.165) is 23.7 Å². The van der Waals surface area contributed by atoms with Crippen LogP contribution in [0.1, 0.15) is 29.4 Å². The summed E-state index contributed by atoms with van der Waals surface area (Å²) in [5.41, 5.74) is 3.80. The highest BCUT2D eigenvalue weighted by atomic mass is 32.2. The SMILES string of the molecule is COCCn1c(SCC(=O)C(C)(F)F)nnc1-c1ccncc1.Nn1c(Cc2ccccc2F)nnc1SCC(=O)N1CCc2ccccc2C1. The van der Waals surface area contributed by atoms with Crippen LogP contribution in [0.3, 0.4) is 0 Å². The number of aromatic nitrogens is 7. The largest absolute Gasteiger partial charge is 0.383 e. The molecule has 0 saturated carbocycles. The van der Waals surface area contributed by atoms with E-state index in [1.54, 1.807) is 54.4 Å². The second-order valence-corrected chi connectivity index (χ2v) is 13.3. The number of ether oxygens (including phenoxy) is 1. The Hall–Kier alpha value is -4.74. The number of rotatable bonds is 13. The highest BCUT2D eigenvalue weighted by Crippen LogP contribution is 2.26. The number of alkyl halides is 2. The van der Waals surface area contributed by atoms with Crippen LogP contribution in [0.25, 0.3) is 11.4 Å². The van der Waals surface area contributed by atoms with Crippen molar-refractivity contribution in [2.45, 2.75) is 49.1 Å². The molecule has 2 N–H and O–H groups in total. The number of amides is 1. The molecule has 5 aromatic rings. The summed E-state index contributed by atoms with van der Waals surface area (Å²) in [5.74, 6) is 2.18. The Balaban J connectivity index is 0.000000202. The molecule has 0 unspecified atom stereocenters. The van der Waals surface area contributed by atoms with Crippen LogP contribution in [0.2, 0.25) is 0 Å². The van der Waals surface area contributed by atoms with Crippen molar-refractivity contribution in [2.75, 3.05) is 37.6 Å². The molecule has 0 spiro atoms. The van der Waals surface area contributed by atoms with Crippen LogP contribution in [0.5, 0.6) is 0 Å². The topological polar surface area (TPSA) is 147 Å². The molecule has 4 heterocycles. The molecule has 0 fully saturated rings. The zero-order valence-corrected chi connectivity index (χ0v) is 29.5. The monoisotopic (exact) mass is 739 g/mol. The van der Waals surface area contributed by atoms with Crippen LogP contribution in [-0.4, -0.2) is 88.9 Å². The number of nitrogens with two attached hydrogens (primary N) is 1. The van der Waals surface area contributed by atoms with E-state index < -0.39 is 11.7 Å². The number of hydrogen-bond acceptors (Lipinski definition) is 11. The van der Waals surface area contributed by atoms with Crippen molar-refractivity contribution >= 4 is 35.2 Å². The van der Waals surface area contributed by atoms with Gasteiger partial charge in [0, 0.05) is 51.5 Å². The fourth-order valence-electron chi connectivity index (χ4n) is 5.02. The fourth-order valence-corrected chi connectivity index (χ4v) is 6.74. The van der Waals surface area contributed by atoms with Gasteiger partial charge in [0.15, 0.2) is 16.8 Å². The molecule has 12 nitrogen and oxygen atoms in total. The second-order valence-electron chi connectivity index (χ2n) is 11.4. The van der Waals surface area contributed by atoms with Gasteiger partial charge in [0.2, 0.25) is 16.8 Å². The van der Waals surface area contributed by atoms with Crippen LogP contribution in [0, 0.1) is 5.82 Å². The Bertz CT molecular complexity index is 1940. The third-order valence-corrected chi connectivity index (χ3v) is 9.74. The van der Waals surface area contributed by atoms with Crippen molar-refractivity contribution in [2.24, 2.45) is 0 Å². The summed E-state index contributed by atoms with van der Waals surface area (Å²) in [7, 11) is 1.56. The summed E-state index contributed by atoms with van der Waals surface area (Å²) in [6.45, 7) is 2.78. The van der Waals surface area contributed by atoms with Crippen LogP contribution in [0.4, 0.5) is 13.2 Å². The first kappa shape index (κ1) is 37.5. The molecule has 1 aliphatic rings. The van der Waals surface area contributed by atoms with Gasteiger partial charge in [0.05, 0.1) is 24.7 Å². The summed E-state index contributed by atoms with van der Waals surface area (Å²) < 4.78 is 47.9. The predicted octanol–water partition coefficient (Wildman–Crippen LogP) is 4.70. The zero-order valence-electron chi connectivity index (χ0n) is 27.9. The van der Waals surface area contributed by atoms with E-state index >= 15 is 0 Å². The molecule has 0 saturated heterocycles. The number of nitrogens with zero attached hydrogens (tertiary/aromatic N) is 8. The molecule has 2 aromatic carbocycles. The standard InChI is InChI=1S/C20H20FN5OS.C14H16F2N4O2S/c21-17-8-4-3-6-15(17)11-18-23-24-20(26(18)22)28-13-19(27)25-10-9-14-5-1-2-7-16(14)12-25;1-14(15,16)11(21)9-23-13-19-18-12(20(13)7-8-22-2)10-3-5-17-6-4-10/h1-8H,9-13,22H2;3-6H,7-9H2,1-2H3. The minimum Gasteiger partial charge on any atom is -0.383 e. The molecule has 1 aliphatic heterocycles. The van der Waals surface area contributed by atoms with E-state index in [1.807, 2.05) is 17.0 Å². The third kappa shape index (κ3) is 9.95. The quantitative estimate of drug-likeness (QED) is 0.132. The molecule has 0 atom stereocenters. The van der Waals surface area contributed by atoms with Gasteiger partial charge >= 0.3 is 5.92 Å². The third-order valence-electron chi connectivity index (χ3n) is 7.85. The van der Waals surface area contributed by atoms with Gasteiger partial charge in [-0.3, -0.25) is 19.1 Å². The summed E-state index contributed by atoms with van der Waals surface area (Å²) in [6, 6.07) is 18.2. The van der Waals surface area contributed by atoms with Crippen molar-refractivity contribution in [3.63, 3.8) is 0 Å². The second kappa shape index (κ2) is 17.5. The first-order valence-electron chi connectivity index (χ1n) is 15.8. The van der Waals surface area contributed by atoms with Crippen LogP contribution in [-0.2, 0) is 40.3 Å². The lowest BCUT2D eigenvalue weighted by Gasteiger charge is -2.28. The van der Waals surface area contributed by atoms with Crippen LogP contribution < -0.4 is 5.84 Å². The van der Waals surface area contributed by atoms with E-state index in [0.29, 0.717) is 60.7 Å². The van der Waals surface area contributed by atoms with Gasteiger partial charge < -0.3 is 15.5 Å². The highest BCUT2D eigenvalue weighted by Gasteiger charge is 2.32. The molecule has 3 aromatic heterocycles. The maximum Gasteiger partial charge on any atom is 0.303 e. The average Bonchev–Trinajstić information content (AvgIpc) is 3.71. The number of pyridine rings is 1. The molecule has 0 radical (unpaired) electrons. The van der Waals surface area contributed by atoms with Crippen molar-refractivity contribution in [1.82, 2.24) is 39.5 Å². The van der Waals surface area contributed by atoms with Gasteiger partial charge in [0.25, 0.3) is 0 Å². The minimum absolute atomic E-state index is 0.0400. The average molecular weight is 740 g/mol. The molecule has 51 heavy (non-hydrogen) atoms. The molecule has 0 aliphatic carbocycles. The van der Waals surface area contributed by atoms with Gasteiger partial charge in [0.1, 0.15) is 5.82 Å². The number of hydrogen-bond donors (Lipinski definition) is 1. The fraction of sp³-hybridized carbons (Fsp3) is 0.324. The number of Topliss-reactive ketones (excluding diaryl/α,β-unsaturated/α-hetero) is 1. The van der Waals surface area contributed by atoms with E-state index in [9.17, 15) is 22.8 Å². The smallest absolute Gasteiger partial charge is 0.303 e. The molecule has 268 valence electrons. The van der Waals surface area contributed by atoms with Gasteiger partial charge in [-0.1, -0.05) is 66.0 Å². The van der Waals surface area contributed by atoms with E-state index in [4.69, 9.17) is 10.6 Å². The number of thioether (sulfide) groups is 2. The lowest BCUT2D eigenvalue weighted by atomic mass is 10.00. The minimum atomic E-state index is -3.35. The van der Waals surface area contributed by atoms with Crippen molar-refractivity contribution in [1.29, 1.82) is 0 Å². The summed E-state index contributed by atoms with van der Waals surface area (Å²) in [6.07, 6.45) is 4.36. The summed E-state index contributed by atoms with van der Waals surface area (Å²) in [5, 5.41) is 17.0. The van der Waals surface area contributed by atoms with Gasteiger partial charge in [-0.05, 0) is 41.3 Å². The molecule has 6 rings (SSSR count). The lowest BCUT2D eigenvalue weighted by molar-refractivity contribution is -0.137. The van der Waals surface area contributed by atoms with Gasteiger partial charge in [-0.25, -0.2) is 9.07 Å². The van der Waals surface area contributed by atoms with E-state index in [-0.39, 0.29) is 29.7 Å². The van der Waals surface area contributed by atoms with E-state index in [1.165, 1.54) is 33.6 Å². The highest BCUT2D eigenvalue weighted by molar-refractivity contribution is 8.00. The number of carbonyl (C=O) groups excluding carboxylic acids is 2. The molecular weight excluding hydrogens is 704 g/mol. The summed E-state index contributed by atoms with van der Waals surface area (Å²) >= 11 is 2.18. The molecule has 1 amide bonds. The number of ketones is 1. The molecule has 0 bridgehead atoms. The Labute approximate surface area is 301 Å². The Morgan fingerprint density at radius 2 is 1.61 bits per heavy atom. The maximum absolute atomic E-state index is 13.8. The Morgan fingerprint density at radius 1 is 0.922 bits per heavy atom. The van der Waals surface area contributed by atoms with Crippen molar-refractivity contribution in [3.8, 4) is 11.4 Å². The number of benzene rings is 2. The van der Waals surface area contributed by atoms with Crippen LogP contribution in [0.15, 0.2) is 83.4 Å². The Morgan fingerprint density at radius 3 is 2.33 bits per heavy atom. The normalized spacial score (nSPS) is 12.6. The van der Waals surface area contributed by atoms with E-state index in [2.05, 4.69) is 37.5 Å². The zero-order chi connectivity index (χ0) is 36.4. The maximum atomic E-state index is 13.8. The Kier molecular flexibility index (Phi) is 12.8. The van der Waals surface area contributed by atoms with Crippen LogP contribution >= 0.6 is 23.5 Å². The number of halogens is 3. The molecular formula is C34H36F3N9O3S2. The number of carbonyl (C=O) groups is 2. The molecule has 17 heteroatoms. The van der Waals surface area contributed by atoms with Crippen molar-refractivity contribution in [3.05, 3.63) is 101 Å². The number of methoxy groups -OCH3 is 1. The predicted molar refractivity (Wildman–Crippen MR) is 187 cm³/mol. The van der Waals surface area contributed by atoms with Crippen molar-refractivity contribution < 1.29 is 27.5 Å². The summed E-state index contributed by atoms with van der Waals surface area (Å²) in [4.78, 5) is 29.8. The first-order chi connectivity index (χ1) is 24.5. The van der Waals surface area contributed by atoms with Gasteiger partial charge in [-0.2, -0.15) is 8.78 Å². The lowest BCUT2D eigenvalue weighted by Crippen LogP contribution is -2.37.